The summed E-state index contributed by atoms with van der Waals surface area (Å²) < 4.78 is 39.8. The minimum absolute atomic E-state index is 0.00293. The van der Waals surface area contributed by atoms with Crippen molar-refractivity contribution in [3.8, 4) is 0 Å². The summed E-state index contributed by atoms with van der Waals surface area (Å²) in [4.78, 5) is 50.8. The smallest absolute Gasteiger partial charge is 0.308 e. The largest absolute Gasteiger partial charge is 0.463 e. The van der Waals surface area contributed by atoms with Crippen molar-refractivity contribution in [2.75, 3.05) is 19.8 Å². The molecule has 2 aliphatic rings. The lowest BCUT2D eigenvalue weighted by molar-refractivity contribution is -0.384. The molecule has 9 atom stereocenters. The van der Waals surface area contributed by atoms with E-state index in [9.17, 15) is 39.6 Å². The van der Waals surface area contributed by atoms with Gasteiger partial charge in [0.25, 0.3) is 0 Å². The maximum absolute atomic E-state index is 13.0. The van der Waals surface area contributed by atoms with E-state index in [1.165, 1.54) is 0 Å². The maximum Gasteiger partial charge on any atom is 0.308 e. The molecule has 0 aromatic rings. The molecule has 0 saturated carbocycles. The molecule has 2 rings (SSSR count). The van der Waals surface area contributed by atoms with Crippen LogP contribution in [0, 0.1) is 23.7 Å². The Morgan fingerprint density at radius 1 is 0.717 bits per heavy atom. The van der Waals surface area contributed by atoms with E-state index in [-0.39, 0.29) is 37.0 Å². The zero-order valence-electron chi connectivity index (χ0n) is 28.0. The van der Waals surface area contributed by atoms with Crippen LogP contribution in [0.25, 0.3) is 0 Å². The molecular weight excluding hydrogens is 612 g/mol. The van der Waals surface area contributed by atoms with E-state index < -0.39 is 104 Å². The van der Waals surface area contributed by atoms with Crippen molar-refractivity contribution in [2.24, 2.45) is 23.7 Å². The highest BCUT2D eigenvalue weighted by atomic mass is 16.8. The number of carbonyl (C=O) groups excluding carboxylic acids is 4. The molecule has 2 aliphatic heterocycles. The second-order valence-electron chi connectivity index (χ2n) is 13.3. The first-order chi connectivity index (χ1) is 21.4. The second kappa shape index (κ2) is 17.7. The van der Waals surface area contributed by atoms with Crippen LogP contribution in [-0.4, -0.2) is 119 Å². The lowest BCUT2D eigenvalue weighted by atomic mass is 9.97. The Balaban J connectivity index is 2.51. The molecule has 15 nitrogen and oxygen atoms in total. The van der Waals surface area contributed by atoms with Crippen molar-refractivity contribution in [2.45, 2.75) is 129 Å². The number of aliphatic hydroxyl groups excluding tert-OH is 4. The average molecular weight is 665 g/mol. The summed E-state index contributed by atoms with van der Waals surface area (Å²) in [5.74, 6) is -6.16. The molecule has 2 fully saturated rings. The number of esters is 4. The van der Waals surface area contributed by atoms with E-state index in [1.54, 1.807) is 41.5 Å². The summed E-state index contributed by atoms with van der Waals surface area (Å²) in [6.45, 7) is 11.5. The molecule has 0 radical (unpaired) electrons. The van der Waals surface area contributed by atoms with Crippen molar-refractivity contribution in [3.05, 3.63) is 0 Å². The topological polar surface area (TPSA) is 214 Å². The third kappa shape index (κ3) is 10.8. The predicted octanol–water partition coefficient (Wildman–Crippen LogP) is 0.602. The standard InChI is InChI=1S/C31H52O15/c1-15(2)9-21(34)40-13-20-24(37)28(38)31(14-33,45-20)46-30-27(44-29(39)18(7)8)26(43-23(36)11-17(5)6)25(19(12-32)41-30)42-22(35)10-16(3)4/h15-20,24-28,30,32-33,37-38H,9-14H2,1-8H3/t19-,20-,24-,25-,26+,27-,28+,30-,31+/m1/s1. The predicted molar refractivity (Wildman–Crippen MR) is 157 cm³/mol. The molecule has 0 amide bonds. The molecule has 0 bridgehead atoms. The van der Waals surface area contributed by atoms with Crippen LogP contribution in [0.3, 0.4) is 0 Å². The zero-order valence-corrected chi connectivity index (χ0v) is 28.0. The van der Waals surface area contributed by atoms with Gasteiger partial charge >= 0.3 is 23.9 Å². The van der Waals surface area contributed by atoms with Crippen LogP contribution >= 0.6 is 0 Å². The maximum atomic E-state index is 13.0. The van der Waals surface area contributed by atoms with Gasteiger partial charge in [-0.2, -0.15) is 0 Å². The molecular formula is C31H52O15. The Bertz CT molecular complexity index is 1010. The van der Waals surface area contributed by atoms with Crippen LogP contribution in [0.1, 0.15) is 74.7 Å². The Morgan fingerprint density at radius 2 is 1.24 bits per heavy atom. The van der Waals surface area contributed by atoms with E-state index in [2.05, 4.69) is 0 Å². The van der Waals surface area contributed by atoms with Gasteiger partial charge in [0.1, 0.15) is 37.6 Å². The van der Waals surface area contributed by atoms with Gasteiger partial charge in [-0.1, -0.05) is 55.4 Å². The summed E-state index contributed by atoms with van der Waals surface area (Å²) in [5.41, 5.74) is 0. The Kier molecular flexibility index (Phi) is 15.3. The van der Waals surface area contributed by atoms with Crippen molar-refractivity contribution in [1.29, 1.82) is 0 Å². The number of aliphatic hydroxyl groups is 4. The highest BCUT2D eigenvalue weighted by molar-refractivity contribution is 5.73. The van der Waals surface area contributed by atoms with Gasteiger partial charge < -0.3 is 53.6 Å². The van der Waals surface area contributed by atoms with E-state index in [4.69, 9.17) is 33.2 Å². The molecule has 0 aromatic carbocycles. The first kappa shape index (κ1) is 39.8. The first-order valence-electron chi connectivity index (χ1n) is 15.8. The second-order valence-corrected chi connectivity index (χ2v) is 13.3. The lowest BCUT2D eigenvalue weighted by Gasteiger charge is -2.46. The van der Waals surface area contributed by atoms with E-state index >= 15 is 0 Å². The zero-order chi connectivity index (χ0) is 34.9. The molecule has 0 spiro atoms. The van der Waals surface area contributed by atoms with Crippen molar-refractivity contribution < 1.29 is 72.8 Å². The first-order valence-corrected chi connectivity index (χ1v) is 15.8. The van der Waals surface area contributed by atoms with Crippen molar-refractivity contribution in [1.82, 2.24) is 0 Å². The molecule has 0 unspecified atom stereocenters. The molecule has 15 heteroatoms. The molecule has 46 heavy (non-hydrogen) atoms. The SMILES string of the molecule is CC(C)CC(=O)OC[C@H]1O[C@@](CO)(O[C@H]2O[C@H](CO)[C@@H](OC(=O)CC(C)C)[C@H](OC(=O)CC(C)C)[C@H]2OC(=O)C(C)C)[C@@H](O)[C@@H]1O. The minimum Gasteiger partial charge on any atom is -0.463 e. The monoisotopic (exact) mass is 664 g/mol. The molecule has 266 valence electrons. The average Bonchev–Trinajstić information content (AvgIpc) is 3.18. The third-order valence-electron chi connectivity index (χ3n) is 7.21. The molecule has 0 aliphatic carbocycles. The van der Waals surface area contributed by atoms with Crippen molar-refractivity contribution in [3.63, 3.8) is 0 Å². The van der Waals surface area contributed by atoms with Crippen LogP contribution < -0.4 is 0 Å². The molecule has 2 heterocycles. The quantitative estimate of drug-likeness (QED) is 0.131. The summed E-state index contributed by atoms with van der Waals surface area (Å²) in [6, 6.07) is 0. The van der Waals surface area contributed by atoms with Crippen LogP contribution in [0.2, 0.25) is 0 Å². The Labute approximate surface area is 269 Å². The number of hydrogen-bond acceptors (Lipinski definition) is 15. The minimum atomic E-state index is -2.42. The van der Waals surface area contributed by atoms with E-state index in [1.807, 2.05) is 13.8 Å². The number of hydrogen-bond donors (Lipinski definition) is 4. The molecule has 0 aromatic heterocycles. The summed E-state index contributed by atoms with van der Waals surface area (Å²) in [6.07, 6.45) is -12.9. The van der Waals surface area contributed by atoms with Gasteiger partial charge in [0.05, 0.1) is 12.5 Å². The number of ether oxygens (including phenoxy) is 7. The number of carbonyl (C=O) groups is 4. The summed E-state index contributed by atoms with van der Waals surface area (Å²) in [5, 5.41) is 42.4. The highest BCUT2D eigenvalue weighted by Crippen LogP contribution is 2.38. The fourth-order valence-electron chi connectivity index (χ4n) is 4.88. The summed E-state index contributed by atoms with van der Waals surface area (Å²) >= 11 is 0. The van der Waals surface area contributed by atoms with Crippen molar-refractivity contribution >= 4 is 23.9 Å². The van der Waals surface area contributed by atoms with Crippen LogP contribution in [0.5, 0.6) is 0 Å². The Morgan fingerprint density at radius 3 is 1.72 bits per heavy atom. The summed E-state index contributed by atoms with van der Waals surface area (Å²) in [7, 11) is 0. The number of rotatable bonds is 16. The fourth-order valence-corrected chi connectivity index (χ4v) is 4.88. The lowest BCUT2D eigenvalue weighted by Crippen LogP contribution is -2.65. The van der Waals surface area contributed by atoms with Crippen LogP contribution in [-0.2, 0) is 52.3 Å². The van der Waals surface area contributed by atoms with Gasteiger partial charge in [-0.15, -0.1) is 0 Å². The van der Waals surface area contributed by atoms with Gasteiger partial charge in [0, 0.05) is 19.3 Å². The van der Waals surface area contributed by atoms with Gasteiger partial charge in [-0.25, -0.2) is 0 Å². The molecule has 4 N–H and O–H groups in total. The van der Waals surface area contributed by atoms with Gasteiger partial charge in [0.15, 0.2) is 18.3 Å². The molecule has 2 saturated heterocycles. The van der Waals surface area contributed by atoms with Crippen LogP contribution in [0.15, 0.2) is 0 Å². The fraction of sp³-hybridized carbons (Fsp3) is 0.871. The van der Waals surface area contributed by atoms with E-state index in [0.717, 1.165) is 0 Å². The van der Waals surface area contributed by atoms with E-state index in [0.29, 0.717) is 0 Å². The van der Waals surface area contributed by atoms with Gasteiger partial charge in [0.2, 0.25) is 12.1 Å². The highest BCUT2D eigenvalue weighted by Gasteiger charge is 2.61. The normalized spacial score (nSPS) is 31.4. The third-order valence-corrected chi connectivity index (χ3v) is 7.21. The Hall–Kier alpha value is -2.40. The van der Waals surface area contributed by atoms with Gasteiger partial charge in [-0.3, -0.25) is 19.2 Å². The van der Waals surface area contributed by atoms with Gasteiger partial charge in [-0.05, 0) is 17.8 Å². The van der Waals surface area contributed by atoms with Crippen LogP contribution in [0.4, 0.5) is 0 Å².